The van der Waals surface area contributed by atoms with Gasteiger partial charge in [0.2, 0.25) is 5.91 Å². The quantitative estimate of drug-likeness (QED) is 0.512. The highest BCUT2D eigenvalue weighted by molar-refractivity contribution is 6.21. The van der Waals surface area contributed by atoms with Crippen LogP contribution < -0.4 is 0 Å². The molecule has 2 aliphatic heterocycles. The summed E-state index contributed by atoms with van der Waals surface area (Å²) in [5.41, 5.74) is 3.23. The molecule has 2 aliphatic rings. The lowest BCUT2D eigenvalue weighted by Crippen LogP contribution is -2.46. The van der Waals surface area contributed by atoms with E-state index >= 15 is 0 Å². The maximum Gasteiger partial charge on any atom is 0.417 e. The van der Waals surface area contributed by atoms with Crippen LogP contribution in [0.4, 0.5) is 4.79 Å². The number of imide groups is 2. The van der Waals surface area contributed by atoms with Crippen LogP contribution in [-0.2, 0) is 16.0 Å². The van der Waals surface area contributed by atoms with Crippen molar-refractivity contribution in [3.63, 3.8) is 0 Å². The second kappa shape index (κ2) is 9.18. The number of aryl methyl sites for hydroxylation is 1. The van der Waals surface area contributed by atoms with Gasteiger partial charge in [0.05, 0.1) is 23.1 Å². The smallest absolute Gasteiger partial charge is 0.417 e. The maximum atomic E-state index is 13.9. The molecule has 0 spiro atoms. The van der Waals surface area contributed by atoms with Crippen LogP contribution in [0.25, 0.3) is 0 Å². The topological polar surface area (TPSA) is 84.0 Å². The number of fused-ring (bicyclic) bond motifs is 1. The molecule has 7 nitrogen and oxygen atoms in total. The minimum absolute atomic E-state index is 0.0904. The molecule has 0 unspecified atom stereocenters. The summed E-state index contributed by atoms with van der Waals surface area (Å²) in [6.07, 6.45) is -0.262. The van der Waals surface area contributed by atoms with Gasteiger partial charge >= 0.3 is 6.09 Å². The Morgan fingerprint density at radius 2 is 1.49 bits per heavy atom. The van der Waals surface area contributed by atoms with E-state index < -0.39 is 35.8 Å². The van der Waals surface area contributed by atoms with Crippen molar-refractivity contribution in [2.24, 2.45) is 0 Å². The fourth-order valence-corrected chi connectivity index (χ4v) is 4.65. The summed E-state index contributed by atoms with van der Waals surface area (Å²) in [4.78, 5) is 54.9. The number of hydrogen-bond acceptors (Lipinski definition) is 5. The highest BCUT2D eigenvalue weighted by Gasteiger charge is 2.44. The predicted molar refractivity (Wildman–Crippen MR) is 128 cm³/mol. The SMILES string of the molecule is Cc1ccc([C@H](CN2C(=O)c3ccccc3C2=O)C(=O)N2C(=O)OC[C@H]2Cc2ccccc2)cc1. The van der Waals surface area contributed by atoms with Crippen LogP contribution in [0, 0.1) is 6.92 Å². The first-order chi connectivity index (χ1) is 16.9. The number of benzene rings is 3. The summed E-state index contributed by atoms with van der Waals surface area (Å²) in [5, 5.41) is 0. The van der Waals surface area contributed by atoms with Gasteiger partial charge in [0, 0.05) is 6.54 Å². The van der Waals surface area contributed by atoms with E-state index in [1.54, 1.807) is 36.4 Å². The zero-order valence-electron chi connectivity index (χ0n) is 19.2. The molecule has 5 rings (SSSR count). The molecule has 2 atom stereocenters. The fraction of sp³-hybridized carbons (Fsp3) is 0.214. The second-order valence-corrected chi connectivity index (χ2v) is 8.86. The summed E-state index contributed by atoms with van der Waals surface area (Å²) in [5.74, 6) is -2.30. The van der Waals surface area contributed by atoms with Gasteiger partial charge in [0.1, 0.15) is 6.61 Å². The molecule has 3 aromatic rings. The third-order valence-corrected chi connectivity index (χ3v) is 6.53. The Morgan fingerprint density at radius 1 is 0.886 bits per heavy atom. The van der Waals surface area contributed by atoms with Gasteiger partial charge in [-0.05, 0) is 36.6 Å². The monoisotopic (exact) mass is 468 g/mol. The number of nitrogens with zero attached hydrogens (tertiary/aromatic N) is 2. The predicted octanol–water partition coefficient (Wildman–Crippen LogP) is 3.96. The molecule has 0 N–H and O–H groups in total. The number of carbonyl (C=O) groups is 4. The second-order valence-electron chi connectivity index (χ2n) is 8.86. The van der Waals surface area contributed by atoms with E-state index in [0.717, 1.165) is 20.9 Å². The van der Waals surface area contributed by atoms with Crippen molar-refractivity contribution in [3.05, 3.63) is 107 Å². The minimum atomic E-state index is -0.915. The Balaban J connectivity index is 1.47. The molecule has 0 aromatic heterocycles. The van der Waals surface area contributed by atoms with E-state index in [4.69, 9.17) is 4.74 Å². The molecule has 0 aliphatic carbocycles. The van der Waals surface area contributed by atoms with E-state index in [1.807, 2.05) is 49.4 Å². The maximum absolute atomic E-state index is 13.9. The van der Waals surface area contributed by atoms with Crippen LogP contribution in [0.3, 0.4) is 0 Å². The van der Waals surface area contributed by atoms with Crippen LogP contribution in [-0.4, -0.2) is 52.8 Å². The first-order valence-electron chi connectivity index (χ1n) is 11.5. The number of rotatable bonds is 6. The minimum Gasteiger partial charge on any atom is -0.447 e. The van der Waals surface area contributed by atoms with Crippen molar-refractivity contribution in [1.29, 1.82) is 0 Å². The van der Waals surface area contributed by atoms with E-state index in [-0.39, 0.29) is 13.2 Å². The lowest BCUT2D eigenvalue weighted by molar-refractivity contribution is -0.130. The van der Waals surface area contributed by atoms with Crippen molar-refractivity contribution in [3.8, 4) is 0 Å². The Labute approximate surface area is 202 Å². The van der Waals surface area contributed by atoms with Crippen molar-refractivity contribution < 1.29 is 23.9 Å². The van der Waals surface area contributed by atoms with Crippen LogP contribution >= 0.6 is 0 Å². The zero-order chi connectivity index (χ0) is 24.5. The van der Waals surface area contributed by atoms with Crippen molar-refractivity contribution >= 4 is 23.8 Å². The van der Waals surface area contributed by atoms with Crippen molar-refractivity contribution in [2.45, 2.75) is 25.3 Å². The van der Waals surface area contributed by atoms with E-state index in [0.29, 0.717) is 23.1 Å². The third kappa shape index (κ3) is 4.21. The van der Waals surface area contributed by atoms with E-state index in [1.165, 1.54) is 0 Å². The van der Waals surface area contributed by atoms with Gasteiger partial charge in [-0.15, -0.1) is 0 Å². The molecule has 7 heteroatoms. The largest absolute Gasteiger partial charge is 0.447 e. The van der Waals surface area contributed by atoms with Crippen molar-refractivity contribution in [1.82, 2.24) is 9.80 Å². The number of cyclic esters (lactones) is 1. The number of carbonyl (C=O) groups excluding carboxylic acids is 4. The number of hydrogen-bond donors (Lipinski definition) is 0. The Kier molecular flexibility index (Phi) is 5.91. The normalized spacial score (nSPS) is 18.0. The first kappa shape index (κ1) is 22.5. The van der Waals surface area contributed by atoms with Crippen molar-refractivity contribution in [2.75, 3.05) is 13.2 Å². The summed E-state index contributed by atoms with van der Waals surface area (Å²) >= 11 is 0. The number of ether oxygens (including phenoxy) is 1. The van der Waals surface area contributed by atoms with Crippen LogP contribution in [0.1, 0.15) is 43.3 Å². The average Bonchev–Trinajstić information content (AvgIpc) is 3.35. The molecule has 3 aromatic carbocycles. The van der Waals surface area contributed by atoms with Gasteiger partial charge < -0.3 is 4.74 Å². The summed E-state index contributed by atoms with van der Waals surface area (Å²) < 4.78 is 5.26. The van der Waals surface area contributed by atoms with E-state index in [9.17, 15) is 19.2 Å². The van der Waals surface area contributed by atoms with Crippen LogP contribution in [0.2, 0.25) is 0 Å². The molecule has 35 heavy (non-hydrogen) atoms. The molecule has 1 saturated heterocycles. The summed E-state index contributed by atoms with van der Waals surface area (Å²) in [6, 6.07) is 23.0. The molecule has 4 amide bonds. The zero-order valence-corrected chi connectivity index (χ0v) is 19.2. The average molecular weight is 469 g/mol. The molecule has 2 heterocycles. The third-order valence-electron chi connectivity index (χ3n) is 6.53. The Bertz CT molecular complexity index is 1270. The van der Waals surface area contributed by atoms with Crippen LogP contribution in [0.15, 0.2) is 78.9 Å². The van der Waals surface area contributed by atoms with Gasteiger partial charge in [-0.25, -0.2) is 9.69 Å². The highest BCUT2D eigenvalue weighted by Crippen LogP contribution is 2.30. The fourth-order valence-electron chi connectivity index (χ4n) is 4.65. The molecular formula is C28H24N2O5. The Hall–Kier alpha value is -4.26. The Morgan fingerprint density at radius 3 is 2.11 bits per heavy atom. The van der Waals surface area contributed by atoms with Crippen LogP contribution in [0.5, 0.6) is 0 Å². The number of amides is 4. The molecule has 1 fully saturated rings. The summed E-state index contributed by atoms with van der Waals surface area (Å²) in [6.45, 7) is 1.85. The lowest BCUT2D eigenvalue weighted by atomic mass is 9.94. The lowest BCUT2D eigenvalue weighted by Gasteiger charge is -2.27. The highest BCUT2D eigenvalue weighted by atomic mass is 16.6. The van der Waals surface area contributed by atoms with E-state index in [2.05, 4.69) is 0 Å². The summed E-state index contributed by atoms with van der Waals surface area (Å²) in [7, 11) is 0. The van der Waals surface area contributed by atoms with Gasteiger partial charge in [-0.3, -0.25) is 19.3 Å². The molecular weight excluding hydrogens is 444 g/mol. The standard InChI is InChI=1S/C28H24N2O5/c1-18-11-13-20(14-12-18)24(16-29-25(31)22-9-5-6-10-23(22)26(29)32)27(33)30-21(17-35-28(30)34)15-19-7-3-2-4-8-19/h2-14,21,24H,15-17H2,1H3/t21-,24+/m1/s1. The molecule has 176 valence electrons. The molecule has 0 radical (unpaired) electrons. The van der Waals surface area contributed by atoms with Gasteiger partial charge in [-0.1, -0.05) is 72.3 Å². The first-order valence-corrected chi connectivity index (χ1v) is 11.5. The van der Waals surface area contributed by atoms with Gasteiger partial charge in [0.25, 0.3) is 11.8 Å². The van der Waals surface area contributed by atoms with Gasteiger partial charge in [-0.2, -0.15) is 0 Å². The van der Waals surface area contributed by atoms with Gasteiger partial charge in [0.15, 0.2) is 0 Å². The molecule has 0 bridgehead atoms. The molecule has 0 saturated carbocycles.